The van der Waals surface area contributed by atoms with Crippen LogP contribution >= 0.6 is 0 Å². The van der Waals surface area contributed by atoms with Gasteiger partial charge in [0.15, 0.2) is 0 Å². The molecule has 0 N–H and O–H groups in total. The van der Waals surface area contributed by atoms with E-state index < -0.39 is 36.6 Å². The van der Waals surface area contributed by atoms with Crippen molar-refractivity contribution in [3.63, 3.8) is 0 Å². The Morgan fingerprint density at radius 3 is 1.03 bits per heavy atom. The molecular weight excluding hydrogens is 470 g/mol. The monoisotopic (exact) mass is 510 g/mol. The Hall–Kier alpha value is -2.37. The Balaban J connectivity index is 1.79. The van der Waals surface area contributed by atoms with E-state index in [9.17, 15) is 0 Å². The maximum Gasteiger partial charge on any atom is 0.495 e. The largest absolute Gasteiger partial charge is 0.495 e. The second-order valence-corrected chi connectivity index (χ2v) is 12.8. The molecule has 2 aliphatic heterocycles. The topological polar surface area (TPSA) is 36.9 Å². The second-order valence-electron chi connectivity index (χ2n) is 12.8. The molecule has 0 aliphatic carbocycles. The van der Waals surface area contributed by atoms with Crippen molar-refractivity contribution >= 4 is 25.2 Å². The van der Waals surface area contributed by atoms with Crippen molar-refractivity contribution in [2.24, 2.45) is 0 Å². The minimum absolute atomic E-state index is 0.451. The molecule has 2 saturated heterocycles. The van der Waals surface area contributed by atoms with Crippen LogP contribution in [0.4, 0.5) is 0 Å². The Morgan fingerprint density at radius 2 is 0.737 bits per heavy atom. The van der Waals surface area contributed by atoms with Crippen molar-refractivity contribution in [3.8, 4) is 22.3 Å². The molecule has 0 radical (unpaired) electrons. The predicted octanol–water partition coefficient (Wildman–Crippen LogP) is 6.24. The smallest absolute Gasteiger partial charge is 0.399 e. The molecule has 0 amide bonds. The molecule has 3 aromatic rings. The summed E-state index contributed by atoms with van der Waals surface area (Å²) in [5.74, 6) is 0. The van der Waals surface area contributed by atoms with E-state index in [4.69, 9.17) is 18.6 Å². The molecule has 198 valence electrons. The molecule has 0 bridgehead atoms. The molecule has 5 rings (SSSR count). The van der Waals surface area contributed by atoms with Gasteiger partial charge in [-0.15, -0.1) is 0 Å². The van der Waals surface area contributed by atoms with Crippen LogP contribution in [0.1, 0.15) is 66.5 Å². The summed E-state index contributed by atoms with van der Waals surface area (Å²) in [5.41, 5.74) is 7.03. The van der Waals surface area contributed by atoms with Gasteiger partial charge in [0.05, 0.1) is 22.4 Å². The Labute approximate surface area is 229 Å². The predicted molar refractivity (Wildman–Crippen MR) is 158 cm³/mol. The van der Waals surface area contributed by atoms with Gasteiger partial charge in [-0.3, -0.25) is 0 Å². The number of hydrogen-bond donors (Lipinski definition) is 0. The lowest BCUT2D eigenvalue weighted by Crippen LogP contribution is -2.41. The number of aryl methyl sites for hydroxylation is 2. The molecule has 3 aromatic carbocycles. The second kappa shape index (κ2) is 9.09. The molecule has 0 aromatic heterocycles. The molecule has 2 heterocycles. The molecule has 6 heteroatoms. The fourth-order valence-corrected chi connectivity index (χ4v) is 5.18. The zero-order chi connectivity index (χ0) is 27.7. The quantitative estimate of drug-likeness (QED) is 0.390. The number of benzene rings is 3. The van der Waals surface area contributed by atoms with Gasteiger partial charge in [0.1, 0.15) is 0 Å². The SMILES string of the molecule is Cc1ccccc1-c1cc(B2OC(C)(C)C(C)(C)O2)c(-c2ccccc2C)cc1B1OC(C)(C)C(C)(C)O1. The van der Waals surface area contributed by atoms with E-state index in [1.807, 2.05) is 0 Å². The molecule has 2 fully saturated rings. The summed E-state index contributed by atoms with van der Waals surface area (Å²) in [6.45, 7) is 21.1. The lowest BCUT2D eigenvalue weighted by atomic mass is 9.66. The molecule has 0 atom stereocenters. The van der Waals surface area contributed by atoms with Gasteiger partial charge in [-0.2, -0.15) is 0 Å². The van der Waals surface area contributed by atoms with Crippen molar-refractivity contribution in [1.29, 1.82) is 0 Å². The van der Waals surface area contributed by atoms with E-state index >= 15 is 0 Å². The van der Waals surface area contributed by atoms with Crippen molar-refractivity contribution in [3.05, 3.63) is 71.8 Å². The fraction of sp³-hybridized carbons (Fsp3) is 0.438. The van der Waals surface area contributed by atoms with E-state index in [1.54, 1.807) is 0 Å². The highest BCUT2D eigenvalue weighted by Gasteiger charge is 2.54. The lowest BCUT2D eigenvalue weighted by Gasteiger charge is -2.32. The van der Waals surface area contributed by atoms with E-state index in [0.29, 0.717) is 0 Å². The van der Waals surface area contributed by atoms with Crippen molar-refractivity contribution in [2.75, 3.05) is 0 Å². The first-order chi connectivity index (χ1) is 17.6. The third kappa shape index (κ3) is 4.46. The highest BCUT2D eigenvalue weighted by Crippen LogP contribution is 2.40. The van der Waals surface area contributed by atoms with Crippen molar-refractivity contribution in [2.45, 2.75) is 91.6 Å². The normalized spacial score (nSPS) is 21.2. The Morgan fingerprint density at radius 1 is 0.447 bits per heavy atom. The highest BCUT2D eigenvalue weighted by molar-refractivity contribution is 6.67. The van der Waals surface area contributed by atoms with Gasteiger partial charge in [0.2, 0.25) is 0 Å². The van der Waals surface area contributed by atoms with Crippen LogP contribution in [0.3, 0.4) is 0 Å². The average Bonchev–Trinajstić information content (AvgIpc) is 3.18. The van der Waals surface area contributed by atoms with E-state index in [1.165, 1.54) is 11.1 Å². The van der Waals surface area contributed by atoms with Crippen LogP contribution in [0.5, 0.6) is 0 Å². The molecule has 4 nitrogen and oxygen atoms in total. The highest BCUT2D eigenvalue weighted by atomic mass is 16.7. The molecular formula is C32H40B2O4. The summed E-state index contributed by atoms with van der Waals surface area (Å²) in [4.78, 5) is 0. The van der Waals surface area contributed by atoms with Crippen LogP contribution in [0.2, 0.25) is 0 Å². The van der Waals surface area contributed by atoms with Gasteiger partial charge in [-0.1, -0.05) is 60.7 Å². The van der Waals surface area contributed by atoms with Gasteiger partial charge in [-0.25, -0.2) is 0 Å². The van der Waals surface area contributed by atoms with Crippen LogP contribution in [0.15, 0.2) is 60.7 Å². The zero-order valence-corrected chi connectivity index (χ0v) is 24.6. The van der Waals surface area contributed by atoms with Crippen LogP contribution in [-0.2, 0) is 18.6 Å². The zero-order valence-electron chi connectivity index (χ0n) is 24.6. The first-order valence-electron chi connectivity index (χ1n) is 13.6. The van der Waals surface area contributed by atoms with Gasteiger partial charge in [0.25, 0.3) is 0 Å². The molecule has 2 aliphatic rings. The van der Waals surface area contributed by atoms with Gasteiger partial charge in [-0.05, 0) is 114 Å². The first-order valence-corrected chi connectivity index (χ1v) is 13.6. The Bertz CT molecular complexity index is 1240. The minimum atomic E-state index is -0.510. The summed E-state index contributed by atoms with van der Waals surface area (Å²) >= 11 is 0. The summed E-state index contributed by atoms with van der Waals surface area (Å²) < 4.78 is 26.5. The standard InChI is InChI=1S/C32H40B2O4/c1-21-15-11-13-17-23(21)25-19-28(34-37-31(7,8)32(9,10)38-34)26(24-18-14-12-16-22(24)2)20-27(25)33-35-29(3,4)30(5,6)36-33/h11-20H,1-10H3. The van der Waals surface area contributed by atoms with E-state index in [2.05, 4.69) is 130 Å². The first kappa shape index (κ1) is 27.2. The van der Waals surface area contributed by atoms with Gasteiger partial charge >= 0.3 is 14.2 Å². The van der Waals surface area contributed by atoms with Crippen molar-refractivity contribution in [1.82, 2.24) is 0 Å². The van der Waals surface area contributed by atoms with E-state index in [0.717, 1.165) is 33.2 Å². The van der Waals surface area contributed by atoms with E-state index in [-0.39, 0.29) is 0 Å². The summed E-state index contributed by atoms with van der Waals surface area (Å²) in [6, 6.07) is 21.4. The molecule has 38 heavy (non-hydrogen) atoms. The maximum atomic E-state index is 6.62. The van der Waals surface area contributed by atoms with Gasteiger partial charge < -0.3 is 18.6 Å². The summed E-state index contributed by atoms with van der Waals surface area (Å²) in [6.07, 6.45) is 0. The van der Waals surface area contributed by atoms with Crippen molar-refractivity contribution < 1.29 is 18.6 Å². The fourth-order valence-electron chi connectivity index (χ4n) is 5.18. The van der Waals surface area contributed by atoms with Gasteiger partial charge in [0, 0.05) is 0 Å². The Kier molecular flexibility index (Phi) is 6.51. The molecule has 0 spiro atoms. The molecule has 0 unspecified atom stereocenters. The average molecular weight is 510 g/mol. The lowest BCUT2D eigenvalue weighted by molar-refractivity contribution is 0.00578. The number of rotatable bonds is 4. The van der Waals surface area contributed by atoms with Crippen LogP contribution in [-0.4, -0.2) is 36.6 Å². The third-order valence-corrected chi connectivity index (χ3v) is 9.11. The summed E-state index contributed by atoms with van der Waals surface area (Å²) in [7, 11) is -1.02. The third-order valence-electron chi connectivity index (χ3n) is 9.11. The van der Waals surface area contributed by atoms with Crippen LogP contribution < -0.4 is 10.9 Å². The number of hydrogen-bond acceptors (Lipinski definition) is 4. The summed E-state index contributed by atoms with van der Waals surface area (Å²) in [5, 5.41) is 0. The molecule has 0 saturated carbocycles. The van der Waals surface area contributed by atoms with Crippen LogP contribution in [0, 0.1) is 13.8 Å². The van der Waals surface area contributed by atoms with Crippen LogP contribution in [0.25, 0.3) is 22.3 Å². The minimum Gasteiger partial charge on any atom is -0.399 e. The maximum absolute atomic E-state index is 6.62.